The quantitative estimate of drug-likeness (QED) is 0.763. The fourth-order valence-corrected chi connectivity index (χ4v) is 2.83. The molecule has 116 valence electrons. The molecule has 3 heteroatoms. The van der Waals surface area contributed by atoms with Crippen LogP contribution in [0.15, 0.2) is 42.5 Å². The molecular weight excluding hydrogens is 276 g/mol. The molecule has 0 saturated heterocycles. The normalized spacial score (nSPS) is 13.3. The topological polar surface area (TPSA) is 35.5 Å². The number of aldehydes is 1. The van der Waals surface area contributed by atoms with Gasteiger partial charge < -0.3 is 14.3 Å². The molecule has 2 rings (SSSR count). The van der Waals surface area contributed by atoms with Crippen LogP contribution in [0.3, 0.4) is 0 Å². The van der Waals surface area contributed by atoms with Crippen molar-refractivity contribution in [3.63, 3.8) is 0 Å². The van der Waals surface area contributed by atoms with Crippen LogP contribution in [0.25, 0.3) is 0 Å². The monoisotopic (exact) mass is 298 g/mol. The maximum Gasteiger partial charge on any atom is 0.130 e. The minimum Gasteiger partial charge on any atom is -0.497 e. The second-order valence-electron chi connectivity index (χ2n) is 5.70. The lowest BCUT2D eigenvalue weighted by Crippen LogP contribution is -2.28. The summed E-state index contributed by atoms with van der Waals surface area (Å²) in [5.41, 5.74) is 2.50. The Bertz CT molecular complexity index is 663. The van der Waals surface area contributed by atoms with E-state index in [4.69, 9.17) is 9.47 Å². The Labute approximate surface area is 131 Å². The van der Waals surface area contributed by atoms with Crippen LogP contribution in [0.4, 0.5) is 0 Å². The average molecular weight is 298 g/mol. The number of hydrogen-bond acceptors (Lipinski definition) is 3. The summed E-state index contributed by atoms with van der Waals surface area (Å²) in [4.78, 5) is 11.9. The lowest BCUT2D eigenvalue weighted by Gasteiger charge is -2.26. The van der Waals surface area contributed by atoms with E-state index in [1.807, 2.05) is 56.3 Å². The van der Waals surface area contributed by atoms with Crippen LogP contribution < -0.4 is 9.47 Å². The van der Waals surface area contributed by atoms with Crippen molar-refractivity contribution in [1.29, 1.82) is 0 Å². The van der Waals surface area contributed by atoms with Crippen molar-refractivity contribution in [2.45, 2.75) is 25.7 Å². The summed E-state index contributed by atoms with van der Waals surface area (Å²) in [7, 11) is 3.27. The lowest BCUT2D eigenvalue weighted by atomic mass is 9.76. The molecule has 0 fully saturated rings. The third kappa shape index (κ3) is 3.14. The summed E-state index contributed by atoms with van der Waals surface area (Å²) >= 11 is 0. The first-order valence-electron chi connectivity index (χ1n) is 7.27. The van der Waals surface area contributed by atoms with E-state index in [0.717, 1.165) is 34.5 Å². The van der Waals surface area contributed by atoms with Crippen LogP contribution in [-0.2, 0) is 16.6 Å². The van der Waals surface area contributed by atoms with Gasteiger partial charge in [0.25, 0.3) is 0 Å². The summed E-state index contributed by atoms with van der Waals surface area (Å²) < 4.78 is 10.7. The van der Waals surface area contributed by atoms with Gasteiger partial charge in [-0.2, -0.15) is 0 Å². The van der Waals surface area contributed by atoms with Crippen molar-refractivity contribution in [3.8, 4) is 11.5 Å². The fourth-order valence-electron chi connectivity index (χ4n) is 2.83. The first-order chi connectivity index (χ1) is 10.5. The molecule has 3 nitrogen and oxygen atoms in total. The predicted octanol–water partition coefficient (Wildman–Crippen LogP) is 3.71. The molecule has 0 aliphatic carbocycles. The van der Waals surface area contributed by atoms with Crippen molar-refractivity contribution in [2.24, 2.45) is 0 Å². The maximum absolute atomic E-state index is 11.9. The molecule has 0 aromatic heterocycles. The summed E-state index contributed by atoms with van der Waals surface area (Å²) in [6.45, 7) is 3.99. The number of carbonyl (C=O) groups excluding carboxylic acids is 1. The van der Waals surface area contributed by atoms with Gasteiger partial charge in [0.15, 0.2) is 0 Å². The van der Waals surface area contributed by atoms with E-state index in [9.17, 15) is 4.79 Å². The highest BCUT2D eigenvalue weighted by molar-refractivity contribution is 5.70. The molecule has 22 heavy (non-hydrogen) atoms. The number of rotatable bonds is 6. The Balaban J connectivity index is 2.46. The van der Waals surface area contributed by atoms with Crippen LogP contribution >= 0.6 is 0 Å². The molecule has 1 unspecified atom stereocenters. The number of carbonyl (C=O) groups is 1. The third-order valence-corrected chi connectivity index (χ3v) is 4.07. The molecule has 0 aliphatic heterocycles. The predicted molar refractivity (Wildman–Crippen MR) is 87.8 cm³/mol. The van der Waals surface area contributed by atoms with Crippen LogP contribution in [0.5, 0.6) is 11.5 Å². The Morgan fingerprint density at radius 1 is 1.09 bits per heavy atom. The highest BCUT2D eigenvalue weighted by Crippen LogP contribution is 2.33. The van der Waals surface area contributed by atoms with Gasteiger partial charge in [0, 0.05) is 0 Å². The Hall–Kier alpha value is -2.29. The standard InChI is InChI=1S/C19H22O3/c1-14-7-5-6-8-17(14)19(2,13-20)12-15-11-16(21-3)9-10-18(15)22-4/h5-11,13H,12H2,1-4H3. The largest absolute Gasteiger partial charge is 0.497 e. The Morgan fingerprint density at radius 3 is 2.41 bits per heavy atom. The average Bonchev–Trinajstić information content (AvgIpc) is 2.55. The molecule has 0 N–H and O–H groups in total. The summed E-state index contributed by atoms with van der Waals surface area (Å²) in [6, 6.07) is 13.6. The molecular formula is C19H22O3. The van der Waals surface area contributed by atoms with Gasteiger partial charge in [-0.15, -0.1) is 0 Å². The van der Waals surface area contributed by atoms with Crippen LogP contribution in [0.1, 0.15) is 23.6 Å². The second-order valence-corrected chi connectivity index (χ2v) is 5.70. The minimum atomic E-state index is -0.606. The number of ether oxygens (including phenoxy) is 2. The highest BCUT2D eigenvalue weighted by Gasteiger charge is 2.29. The third-order valence-electron chi connectivity index (χ3n) is 4.07. The van der Waals surface area contributed by atoms with E-state index in [-0.39, 0.29) is 0 Å². The summed E-state index contributed by atoms with van der Waals surface area (Å²) in [5, 5.41) is 0. The molecule has 0 bridgehead atoms. The molecule has 0 radical (unpaired) electrons. The first kappa shape index (κ1) is 16.1. The zero-order chi connectivity index (χ0) is 16.2. The second kappa shape index (κ2) is 6.65. The van der Waals surface area contributed by atoms with Crippen LogP contribution in [0, 0.1) is 6.92 Å². The fraction of sp³-hybridized carbons (Fsp3) is 0.316. The highest BCUT2D eigenvalue weighted by atomic mass is 16.5. The molecule has 0 aliphatic rings. The van der Waals surface area contributed by atoms with Gasteiger partial charge >= 0.3 is 0 Å². The van der Waals surface area contributed by atoms with Gasteiger partial charge in [0.2, 0.25) is 0 Å². The van der Waals surface area contributed by atoms with E-state index < -0.39 is 5.41 Å². The number of benzene rings is 2. The lowest BCUT2D eigenvalue weighted by molar-refractivity contribution is -0.112. The van der Waals surface area contributed by atoms with E-state index in [2.05, 4.69) is 0 Å². The van der Waals surface area contributed by atoms with E-state index >= 15 is 0 Å². The number of hydrogen-bond donors (Lipinski definition) is 0. The van der Waals surface area contributed by atoms with Crippen LogP contribution in [-0.4, -0.2) is 20.5 Å². The SMILES string of the molecule is COc1ccc(OC)c(CC(C)(C=O)c2ccccc2C)c1. The first-order valence-corrected chi connectivity index (χ1v) is 7.27. The van der Waals surface area contributed by atoms with Crippen molar-refractivity contribution in [2.75, 3.05) is 14.2 Å². The van der Waals surface area contributed by atoms with Gasteiger partial charge in [-0.1, -0.05) is 24.3 Å². The van der Waals surface area contributed by atoms with Crippen molar-refractivity contribution in [1.82, 2.24) is 0 Å². The Morgan fingerprint density at radius 2 is 1.82 bits per heavy atom. The maximum atomic E-state index is 11.9. The molecule has 0 amide bonds. The van der Waals surface area contributed by atoms with Crippen molar-refractivity contribution >= 4 is 6.29 Å². The minimum absolute atomic E-state index is 0.557. The Kier molecular flexibility index (Phi) is 4.86. The summed E-state index contributed by atoms with van der Waals surface area (Å²) in [6.07, 6.45) is 1.58. The van der Waals surface area contributed by atoms with E-state index in [1.54, 1.807) is 14.2 Å². The molecule has 0 saturated carbocycles. The smallest absolute Gasteiger partial charge is 0.130 e. The summed E-state index contributed by atoms with van der Waals surface area (Å²) in [5.74, 6) is 1.52. The van der Waals surface area contributed by atoms with Crippen molar-refractivity contribution in [3.05, 3.63) is 59.2 Å². The molecule has 0 spiro atoms. The molecule has 1 atom stereocenters. The van der Waals surface area contributed by atoms with E-state index in [0.29, 0.717) is 6.42 Å². The zero-order valence-corrected chi connectivity index (χ0v) is 13.6. The van der Waals surface area contributed by atoms with Crippen molar-refractivity contribution < 1.29 is 14.3 Å². The zero-order valence-electron chi connectivity index (χ0n) is 13.6. The van der Waals surface area contributed by atoms with E-state index in [1.165, 1.54) is 0 Å². The van der Waals surface area contributed by atoms with Gasteiger partial charge in [0.05, 0.1) is 19.6 Å². The van der Waals surface area contributed by atoms with Gasteiger partial charge in [0.1, 0.15) is 17.8 Å². The van der Waals surface area contributed by atoms with Gasteiger partial charge in [-0.25, -0.2) is 0 Å². The van der Waals surface area contributed by atoms with Crippen LogP contribution in [0.2, 0.25) is 0 Å². The number of methoxy groups -OCH3 is 2. The van der Waals surface area contributed by atoms with Gasteiger partial charge in [-0.05, 0) is 55.2 Å². The molecule has 2 aromatic carbocycles. The number of aryl methyl sites for hydroxylation is 1. The van der Waals surface area contributed by atoms with Gasteiger partial charge in [-0.3, -0.25) is 0 Å². The molecule has 0 heterocycles. The molecule has 2 aromatic rings.